The third kappa shape index (κ3) is 3.19. The molecule has 1 N–H and O–H groups in total. The molecule has 0 atom stereocenters. The van der Waals surface area contributed by atoms with Crippen molar-refractivity contribution in [1.29, 1.82) is 0 Å². The van der Waals surface area contributed by atoms with Crippen molar-refractivity contribution in [3.8, 4) is 0 Å². The first kappa shape index (κ1) is 16.4. The molecule has 6 nitrogen and oxygen atoms in total. The molecular weight excluding hydrogens is 354 g/mol. The van der Waals surface area contributed by atoms with Gasteiger partial charge < -0.3 is 9.72 Å². The number of fused-ring (bicyclic) bond motifs is 2. The van der Waals surface area contributed by atoms with Gasteiger partial charge in [0, 0.05) is 29.4 Å². The summed E-state index contributed by atoms with van der Waals surface area (Å²) in [6.45, 7) is -0.0600. The van der Waals surface area contributed by atoms with E-state index in [1.54, 1.807) is 18.3 Å². The van der Waals surface area contributed by atoms with Crippen LogP contribution in [0.5, 0.6) is 0 Å². The van der Waals surface area contributed by atoms with E-state index >= 15 is 0 Å². The minimum atomic E-state index is -0.382. The minimum absolute atomic E-state index is 0.0600. The molecule has 0 saturated heterocycles. The smallest absolute Gasteiger partial charge is 0.310 e. The number of ether oxygens (including phenoxy) is 1. The van der Waals surface area contributed by atoms with Crippen molar-refractivity contribution in [3.05, 3.63) is 81.5 Å². The zero-order chi connectivity index (χ0) is 18.1. The molecule has 0 radical (unpaired) electrons. The van der Waals surface area contributed by atoms with Gasteiger partial charge in [0.15, 0.2) is 0 Å². The molecule has 4 aromatic rings. The monoisotopic (exact) mass is 367 g/mol. The Kier molecular flexibility index (Phi) is 4.18. The summed E-state index contributed by atoms with van der Waals surface area (Å²) in [5.41, 5.74) is 2.40. The highest BCUT2D eigenvalue weighted by Gasteiger charge is 2.11. The van der Waals surface area contributed by atoms with Gasteiger partial charge in [0.1, 0.15) is 12.3 Å². The summed E-state index contributed by atoms with van der Waals surface area (Å²) >= 11 is 5.88. The molecule has 0 unspecified atom stereocenters. The number of esters is 1. The maximum absolute atomic E-state index is 12.2. The van der Waals surface area contributed by atoms with Crippen LogP contribution in [0.3, 0.4) is 0 Å². The van der Waals surface area contributed by atoms with Crippen LogP contribution in [0.1, 0.15) is 11.3 Å². The van der Waals surface area contributed by atoms with Gasteiger partial charge in [-0.25, -0.2) is 4.98 Å². The quantitative estimate of drug-likeness (QED) is 0.562. The maximum atomic E-state index is 12.2. The van der Waals surface area contributed by atoms with Gasteiger partial charge in [0.05, 0.1) is 17.1 Å². The highest BCUT2D eigenvalue weighted by atomic mass is 35.5. The Bertz CT molecular complexity index is 1180. The fraction of sp³-hybridized carbons (Fsp3) is 0.105. The molecule has 0 fully saturated rings. The number of aromatic amines is 1. The number of nitrogens with zero attached hydrogens (tertiary/aromatic N) is 2. The van der Waals surface area contributed by atoms with Gasteiger partial charge in [-0.3, -0.25) is 14.0 Å². The zero-order valence-corrected chi connectivity index (χ0v) is 14.4. The number of para-hydroxylation sites is 1. The normalized spacial score (nSPS) is 11.1. The molecule has 130 valence electrons. The molecule has 7 heteroatoms. The van der Waals surface area contributed by atoms with Gasteiger partial charge in [-0.2, -0.15) is 0 Å². The van der Waals surface area contributed by atoms with Crippen LogP contribution in [-0.2, 0) is 22.6 Å². The molecule has 0 aliphatic heterocycles. The van der Waals surface area contributed by atoms with E-state index < -0.39 is 0 Å². The van der Waals surface area contributed by atoms with Crippen molar-refractivity contribution in [3.63, 3.8) is 0 Å². The van der Waals surface area contributed by atoms with Crippen molar-refractivity contribution in [2.24, 2.45) is 0 Å². The van der Waals surface area contributed by atoms with E-state index in [-0.39, 0.29) is 24.6 Å². The third-order valence-electron chi connectivity index (χ3n) is 4.07. The number of hydrogen-bond acceptors (Lipinski definition) is 4. The van der Waals surface area contributed by atoms with E-state index in [0.29, 0.717) is 16.4 Å². The van der Waals surface area contributed by atoms with Crippen LogP contribution in [0.15, 0.2) is 59.7 Å². The summed E-state index contributed by atoms with van der Waals surface area (Å²) in [7, 11) is 0. The molecule has 0 amide bonds. The lowest BCUT2D eigenvalue weighted by atomic mass is 10.1. The Balaban J connectivity index is 1.48. The number of carbonyl (C=O) groups is 1. The molecule has 1 aromatic carbocycles. The Morgan fingerprint density at radius 2 is 2.08 bits per heavy atom. The number of nitrogens with one attached hydrogen (secondary N) is 1. The number of halogens is 1. The summed E-state index contributed by atoms with van der Waals surface area (Å²) < 4.78 is 6.64. The van der Waals surface area contributed by atoms with Crippen LogP contribution in [0.4, 0.5) is 0 Å². The highest BCUT2D eigenvalue weighted by molar-refractivity contribution is 6.30. The zero-order valence-electron chi connectivity index (χ0n) is 13.6. The lowest BCUT2D eigenvalue weighted by molar-refractivity contribution is -0.144. The molecule has 0 saturated carbocycles. The SMILES string of the molecule is O=C(Cc1c[nH]c2ccccc12)OCc1cc(=O)n2cc(Cl)ccc2n1. The molecule has 4 rings (SSSR count). The molecule has 26 heavy (non-hydrogen) atoms. The van der Waals surface area contributed by atoms with Crippen LogP contribution in [0.25, 0.3) is 16.6 Å². The largest absolute Gasteiger partial charge is 0.459 e. The third-order valence-corrected chi connectivity index (χ3v) is 4.29. The summed E-state index contributed by atoms with van der Waals surface area (Å²) in [5.74, 6) is -0.382. The minimum Gasteiger partial charge on any atom is -0.459 e. The second kappa shape index (κ2) is 6.65. The second-order valence-corrected chi connectivity index (χ2v) is 6.29. The average Bonchev–Trinajstić information content (AvgIpc) is 3.04. The Morgan fingerprint density at radius 1 is 1.23 bits per heavy atom. The molecule has 3 aromatic heterocycles. The number of H-pyrrole nitrogens is 1. The fourth-order valence-electron chi connectivity index (χ4n) is 2.84. The van der Waals surface area contributed by atoms with E-state index in [0.717, 1.165) is 16.5 Å². The van der Waals surface area contributed by atoms with E-state index in [1.165, 1.54) is 16.7 Å². The first-order valence-electron chi connectivity index (χ1n) is 7.98. The van der Waals surface area contributed by atoms with Crippen molar-refractivity contribution in [2.75, 3.05) is 0 Å². The molecule has 0 aliphatic carbocycles. The van der Waals surface area contributed by atoms with E-state index in [4.69, 9.17) is 16.3 Å². The maximum Gasteiger partial charge on any atom is 0.310 e. The van der Waals surface area contributed by atoms with Crippen molar-refractivity contribution in [2.45, 2.75) is 13.0 Å². The van der Waals surface area contributed by atoms with Crippen LogP contribution in [-0.4, -0.2) is 20.3 Å². The summed E-state index contributed by atoms with van der Waals surface area (Å²) in [6.07, 6.45) is 3.45. The predicted molar refractivity (Wildman–Crippen MR) is 98.3 cm³/mol. The number of pyridine rings is 1. The van der Waals surface area contributed by atoms with Gasteiger partial charge in [-0.05, 0) is 23.8 Å². The van der Waals surface area contributed by atoms with Gasteiger partial charge in [-0.1, -0.05) is 29.8 Å². The molecule has 0 aliphatic rings. The van der Waals surface area contributed by atoms with Crippen LogP contribution >= 0.6 is 11.6 Å². The number of hydrogen-bond donors (Lipinski definition) is 1. The standard InChI is InChI=1S/C19H14ClN3O3/c20-13-5-6-17-22-14(8-18(24)23(17)10-13)11-26-19(25)7-12-9-21-16-4-2-1-3-15(12)16/h1-6,8-10,21H,7,11H2. The summed E-state index contributed by atoms with van der Waals surface area (Å²) in [5, 5.41) is 1.43. The fourth-order valence-corrected chi connectivity index (χ4v) is 3.00. The molecular formula is C19H14ClN3O3. The van der Waals surface area contributed by atoms with E-state index in [9.17, 15) is 9.59 Å². The molecule has 3 heterocycles. The molecule has 0 spiro atoms. The van der Waals surface area contributed by atoms with Crippen molar-refractivity contribution in [1.82, 2.24) is 14.4 Å². The van der Waals surface area contributed by atoms with Gasteiger partial charge in [0.2, 0.25) is 0 Å². The van der Waals surface area contributed by atoms with Gasteiger partial charge in [0.25, 0.3) is 5.56 Å². The van der Waals surface area contributed by atoms with Crippen molar-refractivity contribution >= 4 is 34.1 Å². The predicted octanol–water partition coefficient (Wildman–Crippen LogP) is 3.12. The van der Waals surface area contributed by atoms with Crippen molar-refractivity contribution < 1.29 is 9.53 Å². The Morgan fingerprint density at radius 3 is 2.96 bits per heavy atom. The van der Waals surface area contributed by atoms with Crippen LogP contribution in [0, 0.1) is 0 Å². The Labute approximate surface area is 153 Å². The topological polar surface area (TPSA) is 76.5 Å². The molecule has 0 bridgehead atoms. The first-order chi connectivity index (χ1) is 12.6. The van der Waals surface area contributed by atoms with E-state index in [1.807, 2.05) is 24.3 Å². The first-order valence-corrected chi connectivity index (χ1v) is 8.36. The number of rotatable bonds is 4. The second-order valence-electron chi connectivity index (χ2n) is 5.86. The highest BCUT2D eigenvalue weighted by Crippen LogP contribution is 2.18. The lowest BCUT2D eigenvalue weighted by Crippen LogP contribution is -2.17. The van der Waals surface area contributed by atoms with Gasteiger partial charge >= 0.3 is 5.97 Å². The number of carbonyl (C=O) groups excluding carboxylic acids is 1. The van der Waals surface area contributed by atoms with E-state index in [2.05, 4.69) is 9.97 Å². The number of aromatic nitrogens is 3. The average molecular weight is 368 g/mol. The lowest BCUT2D eigenvalue weighted by Gasteiger charge is -2.06. The van der Waals surface area contributed by atoms with Crippen LogP contribution in [0.2, 0.25) is 5.02 Å². The van der Waals surface area contributed by atoms with Crippen LogP contribution < -0.4 is 5.56 Å². The summed E-state index contributed by atoms with van der Waals surface area (Å²) in [6, 6.07) is 12.4. The summed E-state index contributed by atoms with van der Waals surface area (Å²) in [4.78, 5) is 31.7. The number of benzene rings is 1. The Hall–Kier alpha value is -3.12. The van der Waals surface area contributed by atoms with Gasteiger partial charge in [-0.15, -0.1) is 0 Å².